The van der Waals surface area contributed by atoms with Crippen molar-refractivity contribution in [3.8, 4) is 5.75 Å². The molecule has 6 nitrogen and oxygen atoms in total. The summed E-state index contributed by atoms with van der Waals surface area (Å²) in [4.78, 5) is 37.7. The molecule has 0 bridgehead atoms. The van der Waals surface area contributed by atoms with Gasteiger partial charge in [0.15, 0.2) is 0 Å². The van der Waals surface area contributed by atoms with Crippen LogP contribution in [0.2, 0.25) is 5.02 Å². The van der Waals surface area contributed by atoms with Crippen molar-refractivity contribution >= 4 is 63.8 Å². The molecule has 0 spiro atoms. The lowest BCUT2D eigenvalue weighted by Crippen LogP contribution is -2.54. The first-order chi connectivity index (χ1) is 11.9. The molecular formula is C17H10ClIN2O4. The maximum Gasteiger partial charge on any atom is 0.335 e. The second-order valence-electron chi connectivity index (χ2n) is 5.15. The van der Waals surface area contributed by atoms with Crippen LogP contribution in [0.5, 0.6) is 5.75 Å². The Balaban J connectivity index is 2.03. The number of nitrogens with zero attached hydrogens (tertiary/aromatic N) is 1. The molecule has 1 aliphatic rings. The van der Waals surface area contributed by atoms with Gasteiger partial charge < -0.3 is 5.11 Å². The van der Waals surface area contributed by atoms with E-state index in [2.05, 4.69) is 5.32 Å². The summed E-state index contributed by atoms with van der Waals surface area (Å²) in [7, 11) is 0. The molecule has 0 unspecified atom stereocenters. The molecular weight excluding hydrogens is 459 g/mol. The number of rotatable bonds is 2. The third-order valence-corrected chi connectivity index (χ3v) is 4.55. The van der Waals surface area contributed by atoms with E-state index in [9.17, 15) is 19.5 Å². The quantitative estimate of drug-likeness (QED) is 0.402. The Kier molecular flexibility index (Phi) is 4.78. The van der Waals surface area contributed by atoms with Crippen LogP contribution < -0.4 is 10.2 Å². The third-order valence-electron chi connectivity index (χ3n) is 3.45. The minimum absolute atomic E-state index is 0.0953. The maximum atomic E-state index is 12.7. The van der Waals surface area contributed by atoms with Crippen LogP contribution in [-0.2, 0) is 9.59 Å². The monoisotopic (exact) mass is 468 g/mol. The number of hydrogen-bond donors (Lipinski definition) is 2. The highest BCUT2D eigenvalue weighted by atomic mass is 127. The summed E-state index contributed by atoms with van der Waals surface area (Å²) in [5.74, 6) is -1.44. The van der Waals surface area contributed by atoms with Gasteiger partial charge in [-0.1, -0.05) is 23.7 Å². The van der Waals surface area contributed by atoms with Crippen molar-refractivity contribution < 1.29 is 19.5 Å². The molecule has 0 saturated carbocycles. The lowest BCUT2D eigenvalue weighted by molar-refractivity contribution is -0.122. The standard InChI is InChI=1S/C17H10ClIN2O4/c18-10-2-1-3-11(8-10)21-16(24)12(15(23)20-17(21)25)6-9-4-5-14(22)13(19)7-9/h1-8,22H,(H,20,23,25)/b12-6+. The second-order valence-corrected chi connectivity index (χ2v) is 6.75. The van der Waals surface area contributed by atoms with Gasteiger partial charge >= 0.3 is 6.03 Å². The number of barbiturate groups is 1. The summed E-state index contributed by atoms with van der Waals surface area (Å²) in [5, 5.41) is 12.1. The molecule has 2 aromatic carbocycles. The zero-order valence-electron chi connectivity index (χ0n) is 12.5. The minimum Gasteiger partial charge on any atom is -0.507 e. The van der Waals surface area contributed by atoms with Gasteiger partial charge in [-0.3, -0.25) is 14.9 Å². The van der Waals surface area contributed by atoms with Crippen molar-refractivity contribution in [1.82, 2.24) is 5.32 Å². The highest BCUT2D eigenvalue weighted by Crippen LogP contribution is 2.26. The third kappa shape index (κ3) is 3.52. The van der Waals surface area contributed by atoms with Crippen LogP contribution in [-0.4, -0.2) is 23.0 Å². The first kappa shape index (κ1) is 17.4. The second kappa shape index (κ2) is 6.85. The fourth-order valence-corrected chi connectivity index (χ4v) is 3.01. The number of carbonyl (C=O) groups is 3. The van der Waals surface area contributed by atoms with E-state index in [4.69, 9.17) is 11.6 Å². The SMILES string of the molecule is O=C1NC(=O)N(c2cccc(Cl)c2)C(=O)/C1=C/c1ccc(O)c(I)c1. The molecule has 1 saturated heterocycles. The smallest absolute Gasteiger partial charge is 0.335 e. The number of phenols is 1. The highest BCUT2D eigenvalue weighted by molar-refractivity contribution is 14.1. The molecule has 2 N–H and O–H groups in total. The number of benzene rings is 2. The van der Waals surface area contributed by atoms with E-state index >= 15 is 0 Å². The molecule has 2 aromatic rings. The highest BCUT2D eigenvalue weighted by Gasteiger charge is 2.36. The predicted molar refractivity (Wildman–Crippen MR) is 101 cm³/mol. The topological polar surface area (TPSA) is 86.7 Å². The van der Waals surface area contributed by atoms with Gasteiger partial charge in [0.25, 0.3) is 11.8 Å². The van der Waals surface area contributed by atoms with Crippen LogP contribution in [0, 0.1) is 3.57 Å². The Morgan fingerprint density at radius 1 is 1.12 bits per heavy atom. The van der Waals surface area contributed by atoms with Gasteiger partial charge in [-0.2, -0.15) is 0 Å². The normalized spacial score (nSPS) is 16.3. The average Bonchev–Trinajstić information content (AvgIpc) is 2.54. The largest absolute Gasteiger partial charge is 0.507 e. The van der Waals surface area contributed by atoms with Crippen LogP contribution >= 0.6 is 34.2 Å². The number of phenolic OH excluding ortho intramolecular Hbond substituents is 1. The molecule has 0 atom stereocenters. The molecule has 0 radical (unpaired) electrons. The van der Waals surface area contributed by atoms with Gasteiger partial charge in [0, 0.05) is 5.02 Å². The summed E-state index contributed by atoms with van der Waals surface area (Å²) < 4.78 is 0.568. The zero-order chi connectivity index (χ0) is 18.1. The van der Waals surface area contributed by atoms with E-state index in [-0.39, 0.29) is 17.0 Å². The predicted octanol–water partition coefficient (Wildman–Crippen LogP) is 3.32. The van der Waals surface area contributed by atoms with E-state index in [0.29, 0.717) is 14.2 Å². The van der Waals surface area contributed by atoms with E-state index < -0.39 is 17.8 Å². The fourth-order valence-electron chi connectivity index (χ4n) is 2.29. The van der Waals surface area contributed by atoms with Crippen LogP contribution in [0.4, 0.5) is 10.5 Å². The number of anilines is 1. The van der Waals surface area contributed by atoms with Crippen molar-refractivity contribution in [3.05, 3.63) is 62.2 Å². The average molecular weight is 469 g/mol. The van der Waals surface area contributed by atoms with Crippen molar-refractivity contribution in [3.63, 3.8) is 0 Å². The number of halogens is 2. The number of nitrogens with one attached hydrogen (secondary N) is 1. The number of aromatic hydroxyl groups is 1. The zero-order valence-corrected chi connectivity index (χ0v) is 15.4. The van der Waals surface area contributed by atoms with Gasteiger partial charge in [-0.05, 0) is 64.6 Å². The van der Waals surface area contributed by atoms with Crippen molar-refractivity contribution in [2.24, 2.45) is 0 Å². The molecule has 25 heavy (non-hydrogen) atoms. The van der Waals surface area contributed by atoms with E-state index in [1.165, 1.54) is 18.2 Å². The lowest BCUT2D eigenvalue weighted by Gasteiger charge is -2.26. The van der Waals surface area contributed by atoms with Gasteiger partial charge in [0.1, 0.15) is 11.3 Å². The Morgan fingerprint density at radius 2 is 1.88 bits per heavy atom. The van der Waals surface area contributed by atoms with Crippen LogP contribution in [0.25, 0.3) is 6.08 Å². The Hall–Kier alpha value is -2.39. The minimum atomic E-state index is -0.838. The number of urea groups is 1. The summed E-state index contributed by atoms with van der Waals surface area (Å²) in [6, 6.07) is 10.00. The van der Waals surface area contributed by atoms with Crippen molar-refractivity contribution in [2.45, 2.75) is 0 Å². The Morgan fingerprint density at radius 3 is 2.56 bits per heavy atom. The van der Waals surface area contributed by atoms with E-state index in [1.54, 1.807) is 30.3 Å². The van der Waals surface area contributed by atoms with Gasteiger partial charge in [0.2, 0.25) is 0 Å². The molecule has 0 aromatic heterocycles. The molecule has 126 valence electrons. The number of amides is 4. The first-order valence-corrected chi connectivity index (χ1v) is 8.48. The van der Waals surface area contributed by atoms with Gasteiger partial charge in [0.05, 0.1) is 9.26 Å². The molecule has 1 fully saturated rings. The van der Waals surface area contributed by atoms with Crippen LogP contribution in [0.3, 0.4) is 0 Å². The molecule has 4 amide bonds. The molecule has 1 heterocycles. The summed E-state index contributed by atoms with van der Waals surface area (Å²) >= 11 is 7.84. The molecule has 0 aliphatic carbocycles. The first-order valence-electron chi connectivity index (χ1n) is 7.02. The lowest BCUT2D eigenvalue weighted by atomic mass is 10.1. The Bertz CT molecular complexity index is 942. The summed E-state index contributed by atoms with van der Waals surface area (Å²) in [6.07, 6.45) is 1.36. The van der Waals surface area contributed by atoms with E-state index in [0.717, 1.165) is 4.90 Å². The maximum absolute atomic E-state index is 12.7. The summed E-state index contributed by atoms with van der Waals surface area (Å²) in [6.45, 7) is 0. The van der Waals surface area contributed by atoms with Crippen molar-refractivity contribution in [2.75, 3.05) is 4.90 Å². The molecule has 1 aliphatic heterocycles. The van der Waals surface area contributed by atoms with Gasteiger partial charge in [-0.25, -0.2) is 9.69 Å². The number of hydrogen-bond acceptors (Lipinski definition) is 4. The van der Waals surface area contributed by atoms with E-state index in [1.807, 2.05) is 22.6 Å². The number of imide groups is 2. The Labute approximate surface area is 161 Å². The van der Waals surface area contributed by atoms with Gasteiger partial charge in [-0.15, -0.1) is 0 Å². The fraction of sp³-hybridized carbons (Fsp3) is 0. The molecule has 8 heteroatoms. The molecule has 3 rings (SSSR count). The van der Waals surface area contributed by atoms with Crippen LogP contribution in [0.15, 0.2) is 48.0 Å². The summed E-state index contributed by atoms with van der Waals surface area (Å²) in [5.41, 5.74) is 0.607. The van der Waals surface area contributed by atoms with Crippen molar-refractivity contribution in [1.29, 1.82) is 0 Å². The number of carbonyl (C=O) groups excluding carboxylic acids is 3. The van der Waals surface area contributed by atoms with Crippen LogP contribution in [0.1, 0.15) is 5.56 Å².